The van der Waals surface area contributed by atoms with Gasteiger partial charge in [0.1, 0.15) is 11.5 Å². The zero-order valence-electron chi connectivity index (χ0n) is 10.3. The van der Waals surface area contributed by atoms with Gasteiger partial charge in [-0.1, -0.05) is 23.2 Å². The summed E-state index contributed by atoms with van der Waals surface area (Å²) in [7, 11) is 0. The van der Waals surface area contributed by atoms with Crippen molar-refractivity contribution in [2.45, 2.75) is 6.29 Å². The summed E-state index contributed by atoms with van der Waals surface area (Å²) >= 11 is 11.5. The molecule has 6 heteroatoms. The molecule has 20 heavy (non-hydrogen) atoms. The number of hydrogen-bond acceptors (Lipinski definition) is 3. The van der Waals surface area contributed by atoms with Crippen LogP contribution in [-0.2, 0) is 4.79 Å². The molecular formula is C14H11Cl2NO3. The third-order valence-electron chi connectivity index (χ3n) is 2.35. The molecule has 2 aromatic carbocycles. The maximum atomic E-state index is 11.4. The summed E-state index contributed by atoms with van der Waals surface area (Å²) in [5.74, 6) is 0.106. The fourth-order valence-electron chi connectivity index (χ4n) is 1.41. The first kappa shape index (κ1) is 14.5. The molecule has 4 nitrogen and oxygen atoms in total. The Balaban J connectivity index is 2.09. The Morgan fingerprint density at radius 3 is 1.50 bits per heavy atom. The van der Waals surface area contributed by atoms with Crippen LogP contribution in [0.2, 0.25) is 10.0 Å². The molecule has 0 atom stereocenters. The minimum atomic E-state index is -1.24. The summed E-state index contributed by atoms with van der Waals surface area (Å²) in [5.41, 5.74) is 5.25. The molecule has 0 aliphatic heterocycles. The van der Waals surface area contributed by atoms with Crippen LogP contribution in [0.5, 0.6) is 11.5 Å². The summed E-state index contributed by atoms with van der Waals surface area (Å²) in [5, 5.41) is 1.12. The Labute approximate surface area is 126 Å². The number of amides is 1. The predicted molar refractivity (Wildman–Crippen MR) is 77.1 cm³/mol. The standard InChI is InChI=1S/C14H11Cl2NO3/c15-9-1-5-11(6-2-9)19-14(13(17)18)20-12-7-3-10(16)4-8-12/h1-8,14H,(H2,17,18). The summed E-state index contributed by atoms with van der Waals surface area (Å²) < 4.78 is 10.8. The number of carbonyl (C=O) groups is 1. The van der Waals surface area contributed by atoms with Crippen molar-refractivity contribution in [1.82, 2.24) is 0 Å². The van der Waals surface area contributed by atoms with Crippen LogP contribution in [-0.4, -0.2) is 12.2 Å². The van der Waals surface area contributed by atoms with Crippen molar-refractivity contribution >= 4 is 29.1 Å². The van der Waals surface area contributed by atoms with Crippen molar-refractivity contribution in [1.29, 1.82) is 0 Å². The molecule has 0 spiro atoms. The first-order valence-corrected chi connectivity index (χ1v) is 6.44. The van der Waals surface area contributed by atoms with E-state index < -0.39 is 12.2 Å². The lowest BCUT2D eigenvalue weighted by Crippen LogP contribution is -2.38. The van der Waals surface area contributed by atoms with Crippen molar-refractivity contribution in [2.75, 3.05) is 0 Å². The summed E-state index contributed by atoms with van der Waals surface area (Å²) in [6, 6.07) is 13.0. The number of benzene rings is 2. The van der Waals surface area contributed by atoms with Crippen molar-refractivity contribution in [3.8, 4) is 11.5 Å². The van der Waals surface area contributed by atoms with Gasteiger partial charge in [-0.15, -0.1) is 0 Å². The lowest BCUT2D eigenvalue weighted by Gasteiger charge is -2.17. The highest BCUT2D eigenvalue weighted by molar-refractivity contribution is 6.30. The fraction of sp³-hybridized carbons (Fsp3) is 0.0714. The molecule has 0 aliphatic carbocycles. The summed E-state index contributed by atoms with van der Waals surface area (Å²) in [6.45, 7) is 0. The Bertz CT molecular complexity index is 537. The van der Waals surface area contributed by atoms with E-state index in [0.29, 0.717) is 21.5 Å². The van der Waals surface area contributed by atoms with Crippen LogP contribution < -0.4 is 15.2 Å². The lowest BCUT2D eigenvalue weighted by atomic mass is 10.3. The molecule has 0 heterocycles. The van der Waals surface area contributed by atoms with Gasteiger partial charge in [-0.2, -0.15) is 0 Å². The highest BCUT2D eigenvalue weighted by Gasteiger charge is 2.19. The number of carbonyl (C=O) groups excluding carboxylic acids is 1. The van der Waals surface area contributed by atoms with Crippen molar-refractivity contribution in [3.05, 3.63) is 58.6 Å². The largest absolute Gasteiger partial charge is 0.446 e. The zero-order valence-corrected chi connectivity index (χ0v) is 11.8. The predicted octanol–water partition coefficient (Wildman–Crippen LogP) is 3.26. The Kier molecular flexibility index (Phi) is 4.71. The second-order valence-corrected chi connectivity index (χ2v) is 4.75. The highest BCUT2D eigenvalue weighted by atomic mass is 35.5. The number of hydrogen-bond donors (Lipinski definition) is 1. The molecule has 0 saturated carbocycles. The summed E-state index contributed by atoms with van der Waals surface area (Å²) in [4.78, 5) is 11.4. The smallest absolute Gasteiger partial charge is 0.321 e. The first-order valence-electron chi connectivity index (χ1n) is 5.68. The van der Waals surface area contributed by atoms with Gasteiger partial charge < -0.3 is 15.2 Å². The van der Waals surface area contributed by atoms with E-state index in [1.165, 1.54) is 0 Å². The molecule has 104 valence electrons. The maximum Gasteiger partial charge on any atom is 0.321 e. The van der Waals surface area contributed by atoms with Gasteiger partial charge in [0.15, 0.2) is 0 Å². The number of nitrogens with two attached hydrogens (primary N) is 1. The van der Waals surface area contributed by atoms with E-state index in [9.17, 15) is 4.79 Å². The minimum absolute atomic E-state index is 0.423. The first-order chi connectivity index (χ1) is 9.54. The van der Waals surface area contributed by atoms with Gasteiger partial charge in [-0.05, 0) is 48.5 Å². The zero-order chi connectivity index (χ0) is 14.5. The van der Waals surface area contributed by atoms with Crippen molar-refractivity contribution in [3.63, 3.8) is 0 Å². The highest BCUT2D eigenvalue weighted by Crippen LogP contribution is 2.20. The van der Waals surface area contributed by atoms with Crippen LogP contribution in [0.25, 0.3) is 0 Å². The Morgan fingerprint density at radius 2 is 1.20 bits per heavy atom. The minimum Gasteiger partial charge on any atom is -0.446 e. The van der Waals surface area contributed by atoms with E-state index in [1.54, 1.807) is 48.5 Å². The van der Waals surface area contributed by atoms with E-state index in [2.05, 4.69) is 0 Å². The molecule has 1 amide bonds. The fourth-order valence-corrected chi connectivity index (χ4v) is 1.67. The third-order valence-corrected chi connectivity index (χ3v) is 2.85. The van der Waals surface area contributed by atoms with Crippen LogP contribution >= 0.6 is 23.2 Å². The Hall–Kier alpha value is -1.91. The van der Waals surface area contributed by atoms with Gasteiger partial charge in [0.05, 0.1) is 0 Å². The van der Waals surface area contributed by atoms with Gasteiger partial charge in [0.25, 0.3) is 5.91 Å². The second-order valence-electron chi connectivity index (χ2n) is 3.88. The van der Waals surface area contributed by atoms with Gasteiger partial charge in [0.2, 0.25) is 0 Å². The Morgan fingerprint density at radius 1 is 0.850 bits per heavy atom. The van der Waals surface area contributed by atoms with Crippen LogP contribution in [0, 0.1) is 0 Å². The van der Waals surface area contributed by atoms with Crippen LogP contribution in [0.15, 0.2) is 48.5 Å². The van der Waals surface area contributed by atoms with Crippen LogP contribution in [0.4, 0.5) is 0 Å². The van der Waals surface area contributed by atoms with Gasteiger partial charge in [0, 0.05) is 10.0 Å². The van der Waals surface area contributed by atoms with Crippen molar-refractivity contribution < 1.29 is 14.3 Å². The number of primary amides is 1. The van der Waals surface area contributed by atoms with E-state index >= 15 is 0 Å². The molecule has 2 N–H and O–H groups in total. The van der Waals surface area contributed by atoms with E-state index in [0.717, 1.165) is 0 Å². The van der Waals surface area contributed by atoms with Crippen molar-refractivity contribution in [2.24, 2.45) is 5.73 Å². The molecule has 0 bridgehead atoms. The molecular weight excluding hydrogens is 301 g/mol. The van der Waals surface area contributed by atoms with E-state index in [4.69, 9.17) is 38.4 Å². The molecule has 0 unspecified atom stereocenters. The number of rotatable bonds is 5. The quantitative estimate of drug-likeness (QED) is 0.862. The third kappa shape index (κ3) is 4.05. The SMILES string of the molecule is NC(=O)C(Oc1ccc(Cl)cc1)Oc1ccc(Cl)cc1. The van der Waals surface area contributed by atoms with Crippen LogP contribution in [0.1, 0.15) is 0 Å². The van der Waals surface area contributed by atoms with Gasteiger partial charge in [-0.25, -0.2) is 0 Å². The molecule has 2 rings (SSSR count). The molecule has 0 radical (unpaired) electrons. The monoisotopic (exact) mass is 311 g/mol. The second kappa shape index (κ2) is 6.50. The number of halogens is 2. The van der Waals surface area contributed by atoms with Crippen LogP contribution in [0.3, 0.4) is 0 Å². The average molecular weight is 312 g/mol. The number of ether oxygens (including phenoxy) is 2. The summed E-state index contributed by atoms with van der Waals surface area (Å²) in [6.07, 6.45) is -1.24. The lowest BCUT2D eigenvalue weighted by molar-refractivity contribution is -0.136. The molecule has 0 aliphatic rings. The molecule has 0 aromatic heterocycles. The van der Waals surface area contributed by atoms with E-state index in [-0.39, 0.29) is 0 Å². The topological polar surface area (TPSA) is 61.6 Å². The van der Waals surface area contributed by atoms with Gasteiger partial charge >= 0.3 is 6.29 Å². The molecule has 2 aromatic rings. The average Bonchev–Trinajstić information content (AvgIpc) is 2.42. The van der Waals surface area contributed by atoms with Gasteiger partial charge in [-0.3, -0.25) is 4.79 Å². The normalized spacial score (nSPS) is 10.3. The maximum absolute atomic E-state index is 11.4. The molecule has 0 saturated heterocycles. The molecule has 0 fully saturated rings. The van der Waals surface area contributed by atoms with E-state index in [1.807, 2.05) is 0 Å².